The summed E-state index contributed by atoms with van der Waals surface area (Å²) in [6, 6.07) is 14.9. The summed E-state index contributed by atoms with van der Waals surface area (Å²) in [4.78, 5) is 29.6. The quantitative estimate of drug-likeness (QED) is 0.544. The fraction of sp³-hybridized carbons (Fsp3) is 0.533. The van der Waals surface area contributed by atoms with Gasteiger partial charge in [-0.1, -0.05) is 36.8 Å². The molecule has 2 aromatic carbocycles. The van der Waals surface area contributed by atoms with Crippen LogP contribution in [-0.2, 0) is 16.1 Å². The maximum absolute atomic E-state index is 12.7. The molecule has 1 N–H and O–H groups in total. The van der Waals surface area contributed by atoms with Gasteiger partial charge in [0.1, 0.15) is 6.10 Å². The lowest BCUT2D eigenvalue weighted by Crippen LogP contribution is -2.45. The first-order valence-corrected chi connectivity index (χ1v) is 13.7. The summed E-state index contributed by atoms with van der Waals surface area (Å²) in [6.45, 7) is 7.03. The van der Waals surface area contributed by atoms with Crippen LogP contribution in [0.25, 0.3) is 11.1 Å². The van der Waals surface area contributed by atoms with E-state index in [9.17, 15) is 9.59 Å². The fourth-order valence-electron chi connectivity index (χ4n) is 6.17. The molecule has 1 saturated heterocycles. The van der Waals surface area contributed by atoms with Gasteiger partial charge in [-0.2, -0.15) is 0 Å². The summed E-state index contributed by atoms with van der Waals surface area (Å²) in [6.07, 6.45) is 8.40. The number of carbonyl (C=O) groups is 2. The largest absolute Gasteiger partial charge is 0.446 e. The summed E-state index contributed by atoms with van der Waals surface area (Å²) in [5, 5.41) is 3.12. The second kappa shape index (κ2) is 11.0. The van der Waals surface area contributed by atoms with Crippen LogP contribution < -0.4 is 10.2 Å². The number of carbonyl (C=O) groups excluding carboxylic acids is 2. The monoisotopic (exact) mass is 489 g/mol. The number of hydrogen-bond acceptors (Lipinski definition) is 4. The van der Waals surface area contributed by atoms with E-state index in [2.05, 4.69) is 46.6 Å². The van der Waals surface area contributed by atoms with Gasteiger partial charge in [-0.25, -0.2) is 4.79 Å². The summed E-state index contributed by atoms with van der Waals surface area (Å²) in [5.74, 6) is 0.0190. The molecule has 6 heteroatoms. The summed E-state index contributed by atoms with van der Waals surface area (Å²) >= 11 is 0. The van der Waals surface area contributed by atoms with Gasteiger partial charge in [0.15, 0.2) is 0 Å². The smallest absolute Gasteiger partial charge is 0.407 e. The zero-order chi connectivity index (χ0) is 25.1. The molecule has 0 bridgehead atoms. The van der Waals surface area contributed by atoms with Gasteiger partial charge in [0.25, 0.3) is 0 Å². The van der Waals surface area contributed by atoms with Crippen LogP contribution in [0.3, 0.4) is 0 Å². The lowest BCUT2D eigenvalue weighted by molar-refractivity contribution is -0.117. The third-order valence-electron chi connectivity index (χ3n) is 8.03. The van der Waals surface area contributed by atoms with Crippen LogP contribution in [0, 0.1) is 0 Å². The molecule has 1 aliphatic carbocycles. The zero-order valence-electron chi connectivity index (χ0n) is 21.7. The molecule has 2 amide bonds. The number of benzene rings is 2. The van der Waals surface area contributed by atoms with E-state index in [1.165, 1.54) is 37.9 Å². The summed E-state index contributed by atoms with van der Waals surface area (Å²) in [5.41, 5.74) is 5.41. The van der Waals surface area contributed by atoms with Crippen molar-refractivity contribution in [1.29, 1.82) is 0 Å². The predicted octanol–water partition coefficient (Wildman–Crippen LogP) is 6.19. The first-order valence-electron chi connectivity index (χ1n) is 13.7. The second-order valence-corrected chi connectivity index (χ2v) is 10.8. The third-order valence-corrected chi connectivity index (χ3v) is 8.03. The number of likely N-dealkylation sites (tertiary alicyclic amines) is 1. The van der Waals surface area contributed by atoms with Crippen molar-refractivity contribution in [2.45, 2.75) is 89.9 Å². The number of alkyl carbamates (subject to hydrolysis) is 1. The van der Waals surface area contributed by atoms with Gasteiger partial charge in [0.05, 0.1) is 6.04 Å². The van der Waals surface area contributed by atoms with Crippen molar-refractivity contribution in [3.8, 4) is 11.1 Å². The van der Waals surface area contributed by atoms with E-state index in [1.807, 2.05) is 17.9 Å². The van der Waals surface area contributed by atoms with Gasteiger partial charge in [-0.3, -0.25) is 9.69 Å². The number of anilines is 1. The average Bonchev–Trinajstić information content (AvgIpc) is 3.37. The second-order valence-electron chi connectivity index (χ2n) is 10.8. The molecule has 3 aliphatic rings. The lowest BCUT2D eigenvalue weighted by Gasteiger charge is -2.39. The summed E-state index contributed by atoms with van der Waals surface area (Å²) in [7, 11) is 0. The van der Waals surface area contributed by atoms with Crippen molar-refractivity contribution in [1.82, 2.24) is 10.2 Å². The Bertz CT molecular complexity index is 1070. The highest BCUT2D eigenvalue weighted by Crippen LogP contribution is 2.40. The molecular formula is C30H39N3O3. The normalized spacial score (nSPS) is 22.8. The van der Waals surface area contributed by atoms with Crippen LogP contribution >= 0.6 is 0 Å². The molecule has 36 heavy (non-hydrogen) atoms. The van der Waals surface area contributed by atoms with Crippen LogP contribution in [0.2, 0.25) is 0 Å². The Balaban J connectivity index is 1.37. The minimum absolute atomic E-state index is 0.00768. The number of rotatable bonds is 5. The van der Waals surface area contributed by atoms with Crippen molar-refractivity contribution in [3.05, 3.63) is 53.6 Å². The van der Waals surface area contributed by atoms with Gasteiger partial charge in [-0.05, 0) is 99.3 Å². The highest BCUT2D eigenvalue weighted by atomic mass is 16.6. The first kappa shape index (κ1) is 24.8. The Kier molecular flexibility index (Phi) is 7.61. The van der Waals surface area contributed by atoms with Gasteiger partial charge >= 0.3 is 6.09 Å². The number of nitrogens with zero attached hydrogens (tertiary/aromatic N) is 2. The molecule has 1 saturated carbocycles. The van der Waals surface area contributed by atoms with Crippen molar-refractivity contribution in [3.63, 3.8) is 0 Å². The van der Waals surface area contributed by atoms with Crippen LogP contribution in [-0.4, -0.2) is 42.1 Å². The highest BCUT2D eigenvalue weighted by Gasteiger charge is 2.34. The van der Waals surface area contributed by atoms with E-state index in [0.29, 0.717) is 6.42 Å². The van der Waals surface area contributed by atoms with Crippen LogP contribution in [0.4, 0.5) is 10.5 Å². The molecule has 0 aromatic heterocycles. The molecule has 6 nitrogen and oxygen atoms in total. The molecule has 5 rings (SSSR count). The average molecular weight is 490 g/mol. The van der Waals surface area contributed by atoms with Crippen molar-refractivity contribution in [2.24, 2.45) is 0 Å². The molecule has 0 unspecified atom stereocenters. The minimum atomic E-state index is -0.353. The highest BCUT2D eigenvalue weighted by molar-refractivity contribution is 5.94. The lowest BCUT2D eigenvalue weighted by atomic mass is 9.89. The van der Waals surface area contributed by atoms with Gasteiger partial charge in [0, 0.05) is 25.2 Å². The Morgan fingerprint density at radius 3 is 2.33 bits per heavy atom. The number of hydrogen-bond donors (Lipinski definition) is 1. The Hall–Kier alpha value is -2.86. The fourth-order valence-corrected chi connectivity index (χ4v) is 6.17. The maximum Gasteiger partial charge on any atom is 0.407 e. The van der Waals surface area contributed by atoms with Gasteiger partial charge < -0.3 is 15.0 Å². The van der Waals surface area contributed by atoms with Crippen molar-refractivity contribution >= 4 is 17.7 Å². The van der Waals surface area contributed by atoms with Crippen molar-refractivity contribution in [2.75, 3.05) is 18.0 Å². The van der Waals surface area contributed by atoms with E-state index in [0.717, 1.165) is 54.6 Å². The molecular weight excluding hydrogens is 450 g/mol. The first-order chi connectivity index (χ1) is 17.5. The Morgan fingerprint density at radius 2 is 1.64 bits per heavy atom. The summed E-state index contributed by atoms with van der Waals surface area (Å²) < 4.78 is 5.69. The van der Waals surface area contributed by atoms with E-state index in [-0.39, 0.29) is 30.2 Å². The SMILES string of the molecule is CC(=O)N1c2ccc(-c3ccc(CN4CCCCC4)cc3)cc2[C@@H](NC(=O)OC2CCCC2)C[C@H]1C. The number of nitrogens with one attached hydrogen (secondary N) is 1. The van der Waals surface area contributed by atoms with Crippen molar-refractivity contribution < 1.29 is 14.3 Å². The Morgan fingerprint density at radius 1 is 0.944 bits per heavy atom. The van der Waals surface area contributed by atoms with E-state index in [4.69, 9.17) is 4.74 Å². The standard InChI is InChI=1S/C30H39N3O3/c1-21-18-28(31-30(35)36-26-8-4-5-9-26)27-19-25(14-15-29(27)33(21)22(2)34)24-12-10-23(11-13-24)20-32-16-6-3-7-17-32/h10-15,19,21,26,28H,3-9,16-18,20H2,1-2H3,(H,31,35)/t21-,28+/m1/s1. The molecule has 192 valence electrons. The number of piperidine rings is 1. The maximum atomic E-state index is 12.7. The molecule has 0 spiro atoms. The van der Waals surface area contributed by atoms with Crippen LogP contribution in [0.5, 0.6) is 0 Å². The third kappa shape index (κ3) is 5.59. The Labute approximate surface area is 215 Å². The number of amides is 2. The molecule has 2 fully saturated rings. The molecule has 2 aromatic rings. The number of fused-ring (bicyclic) bond motifs is 1. The van der Waals surface area contributed by atoms with E-state index in [1.54, 1.807) is 6.92 Å². The molecule has 0 radical (unpaired) electrons. The van der Waals surface area contributed by atoms with E-state index < -0.39 is 0 Å². The molecule has 2 heterocycles. The van der Waals surface area contributed by atoms with Gasteiger partial charge in [-0.15, -0.1) is 0 Å². The molecule has 2 atom stereocenters. The topological polar surface area (TPSA) is 61.9 Å². The predicted molar refractivity (Wildman–Crippen MR) is 143 cm³/mol. The minimum Gasteiger partial charge on any atom is -0.446 e. The van der Waals surface area contributed by atoms with Crippen LogP contribution in [0.15, 0.2) is 42.5 Å². The number of ether oxygens (including phenoxy) is 1. The van der Waals surface area contributed by atoms with Gasteiger partial charge in [0.2, 0.25) is 5.91 Å². The molecule has 2 aliphatic heterocycles. The van der Waals surface area contributed by atoms with E-state index >= 15 is 0 Å². The van der Waals surface area contributed by atoms with Crippen LogP contribution in [0.1, 0.15) is 82.4 Å². The zero-order valence-corrected chi connectivity index (χ0v) is 21.7.